The third-order valence-corrected chi connectivity index (χ3v) is 3.63. The second-order valence-electron chi connectivity index (χ2n) is 5.27. The summed E-state index contributed by atoms with van der Waals surface area (Å²) in [5.74, 6) is -0.0471. The standard InChI is InChI=1S/C18H23FN2O/c1-22-18-8-7-16(13-17(18)19)14-21(12-10-20)11-9-15-5-3-2-4-6-15/h2-8,13H,9-12,14,20H2,1H3. The van der Waals surface area contributed by atoms with Gasteiger partial charge in [-0.15, -0.1) is 0 Å². The van der Waals surface area contributed by atoms with Crippen LogP contribution in [-0.2, 0) is 13.0 Å². The van der Waals surface area contributed by atoms with E-state index >= 15 is 0 Å². The summed E-state index contributed by atoms with van der Waals surface area (Å²) < 4.78 is 18.7. The normalized spacial score (nSPS) is 10.9. The van der Waals surface area contributed by atoms with Gasteiger partial charge in [-0.2, -0.15) is 0 Å². The fourth-order valence-corrected chi connectivity index (χ4v) is 2.45. The lowest BCUT2D eigenvalue weighted by Crippen LogP contribution is -2.31. The van der Waals surface area contributed by atoms with Gasteiger partial charge in [0.15, 0.2) is 11.6 Å². The summed E-state index contributed by atoms with van der Waals surface area (Å²) in [6, 6.07) is 15.4. The van der Waals surface area contributed by atoms with Crippen molar-refractivity contribution in [3.05, 3.63) is 65.5 Å². The van der Waals surface area contributed by atoms with Crippen molar-refractivity contribution in [1.82, 2.24) is 4.90 Å². The van der Waals surface area contributed by atoms with Gasteiger partial charge in [-0.1, -0.05) is 36.4 Å². The van der Waals surface area contributed by atoms with E-state index in [1.165, 1.54) is 18.7 Å². The summed E-state index contributed by atoms with van der Waals surface area (Å²) >= 11 is 0. The van der Waals surface area contributed by atoms with E-state index in [-0.39, 0.29) is 11.6 Å². The molecule has 0 saturated heterocycles. The van der Waals surface area contributed by atoms with Crippen LogP contribution in [0.5, 0.6) is 5.75 Å². The Morgan fingerprint density at radius 1 is 1.05 bits per heavy atom. The highest BCUT2D eigenvalue weighted by Gasteiger charge is 2.08. The molecule has 0 atom stereocenters. The Morgan fingerprint density at radius 3 is 2.45 bits per heavy atom. The van der Waals surface area contributed by atoms with Crippen LogP contribution in [0.2, 0.25) is 0 Å². The fourth-order valence-electron chi connectivity index (χ4n) is 2.45. The largest absolute Gasteiger partial charge is 0.494 e. The third kappa shape index (κ3) is 4.83. The molecule has 0 spiro atoms. The van der Waals surface area contributed by atoms with Gasteiger partial charge in [-0.05, 0) is 29.7 Å². The molecule has 0 amide bonds. The molecule has 4 heteroatoms. The molecule has 22 heavy (non-hydrogen) atoms. The van der Waals surface area contributed by atoms with Crippen molar-refractivity contribution in [2.24, 2.45) is 5.73 Å². The van der Waals surface area contributed by atoms with E-state index in [1.807, 2.05) is 24.3 Å². The van der Waals surface area contributed by atoms with Crippen LogP contribution < -0.4 is 10.5 Å². The van der Waals surface area contributed by atoms with Crippen molar-refractivity contribution >= 4 is 0 Å². The highest BCUT2D eigenvalue weighted by atomic mass is 19.1. The van der Waals surface area contributed by atoms with Gasteiger partial charge in [0.05, 0.1) is 7.11 Å². The number of methoxy groups -OCH3 is 1. The van der Waals surface area contributed by atoms with Gasteiger partial charge in [-0.3, -0.25) is 4.90 Å². The van der Waals surface area contributed by atoms with Gasteiger partial charge in [0.25, 0.3) is 0 Å². The van der Waals surface area contributed by atoms with Gasteiger partial charge in [0.2, 0.25) is 0 Å². The average molecular weight is 302 g/mol. The van der Waals surface area contributed by atoms with E-state index < -0.39 is 0 Å². The van der Waals surface area contributed by atoms with Crippen LogP contribution in [0.3, 0.4) is 0 Å². The number of ether oxygens (including phenoxy) is 1. The lowest BCUT2D eigenvalue weighted by Gasteiger charge is -2.22. The minimum absolute atomic E-state index is 0.276. The number of halogens is 1. The fraction of sp³-hybridized carbons (Fsp3) is 0.333. The zero-order valence-corrected chi connectivity index (χ0v) is 13.0. The molecule has 0 aliphatic heterocycles. The topological polar surface area (TPSA) is 38.5 Å². The van der Waals surface area contributed by atoms with Crippen LogP contribution in [0.15, 0.2) is 48.5 Å². The third-order valence-electron chi connectivity index (χ3n) is 3.63. The van der Waals surface area contributed by atoms with Gasteiger partial charge in [0, 0.05) is 26.2 Å². The van der Waals surface area contributed by atoms with Crippen molar-refractivity contribution in [3.8, 4) is 5.75 Å². The molecule has 2 N–H and O–H groups in total. The molecule has 0 unspecified atom stereocenters. The molecule has 0 fully saturated rings. The van der Waals surface area contributed by atoms with Crippen LogP contribution >= 0.6 is 0 Å². The molecule has 118 valence electrons. The van der Waals surface area contributed by atoms with Gasteiger partial charge in [-0.25, -0.2) is 4.39 Å². The minimum atomic E-state index is -0.323. The SMILES string of the molecule is COc1ccc(CN(CCN)CCc2ccccc2)cc1F. The quantitative estimate of drug-likeness (QED) is 0.815. The highest BCUT2D eigenvalue weighted by Crippen LogP contribution is 2.18. The van der Waals surface area contributed by atoms with Crippen molar-refractivity contribution in [1.29, 1.82) is 0 Å². The maximum absolute atomic E-state index is 13.8. The number of hydrogen-bond acceptors (Lipinski definition) is 3. The van der Waals surface area contributed by atoms with Crippen molar-refractivity contribution in [3.63, 3.8) is 0 Å². The maximum atomic E-state index is 13.8. The Hall–Kier alpha value is -1.91. The van der Waals surface area contributed by atoms with Gasteiger partial charge < -0.3 is 10.5 Å². The van der Waals surface area contributed by atoms with Crippen molar-refractivity contribution in [2.75, 3.05) is 26.7 Å². The first-order valence-corrected chi connectivity index (χ1v) is 7.51. The lowest BCUT2D eigenvalue weighted by molar-refractivity contribution is 0.275. The molecule has 0 radical (unpaired) electrons. The van der Waals surface area contributed by atoms with Gasteiger partial charge in [0.1, 0.15) is 0 Å². The zero-order valence-electron chi connectivity index (χ0n) is 13.0. The molecular formula is C18H23FN2O. The number of rotatable bonds is 8. The van der Waals surface area contributed by atoms with Crippen LogP contribution in [0, 0.1) is 5.82 Å². The summed E-state index contributed by atoms with van der Waals surface area (Å²) in [7, 11) is 1.47. The van der Waals surface area contributed by atoms with Crippen LogP contribution in [-0.4, -0.2) is 31.6 Å². The van der Waals surface area contributed by atoms with Crippen LogP contribution in [0.25, 0.3) is 0 Å². The summed E-state index contributed by atoms with van der Waals surface area (Å²) in [5, 5.41) is 0. The molecule has 0 aliphatic carbocycles. The Labute approximate surface area is 131 Å². The Kier molecular flexibility index (Phi) is 6.37. The molecule has 2 aromatic carbocycles. The van der Waals surface area contributed by atoms with Crippen LogP contribution in [0.4, 0.5) is 4.39 Å². The number of nitrogens with zero attached hydrogens (tertiary/aromatic N) is 1. The highest BCUT2D eigenvalue weighted by molar-refractivity contribution is 5.29. The summed E-state index contributed by atoms with van der Waals surface area (Å²) in [6.45, 7) is 2.97. The van der Waals surface area contributed by atoms with E-state index in [1.54, 1.807) is 6.07 Å². The molecule has 0 aliphatic rings. The van der Waals surface area contributed by atoms with E-state index in [0.717, 1.165) is 25.1 Å². The lowest BCUT2D eigenvalue weighted by atomic mass is 10.1. The Morgan fingerprint density at radius 2 is 1.82 bits per heavy atom. The predicted molar refractivity (Wildman–Crippen MR) is 87.4 cm³/mol. The average Bonchev–Trinajstić information content (AvgIpc) is 2.54. The summed E-state index contributed by atoms with van der Waals surface area (Å²) in [6.07, 6.45) is 0.958. The molecule has 0 aromatic heterocycles. The molecule has 0 bridgehead atoms. The minimum Gasteiger partial charge on any atom is -0.494 e. The zero-order chi connectivity index (χ0) is 15.8. The Balaban J connectivity index is 1.97. The molecular weight excluding hydrogens is 279 g/mol. The monoisotopic (exact) mass is 302 g/mol. The summed E-state index contributed by atoms with van der Waals surface area (Å²) in [4.78, 5) is 2.24. The number of nitrogens with two attached hydrogens (primary N) is 1. The van der Waals surface area contributed by atoms with Crippen molar-refractivity contribution in [2.45, 2.75) is 13.0 Å². The first-order valence-electron chi connectivity index (χ1n) is 7.51. The summed E-state index contributed by atoms with van der Waals surface area (Å²) in [5.41, 5.74) is 7.92. The van der Waals surface area contributed by atoms with E-state index in [0.29, 0.717) is 13.1 Å². The Bertz CT molecular complexity index is 575. The second-order valence-corrected chi connectivity index (χ2v) is 5.27. The van der Waals surface area contributed by atoms with E-state index in [4.69, 9.17) is 10.5 Å². The van der Waals surface area contributed by atoms with Crippen molar-refractivity contribution < 1.29 is 9.13 Å². The van der Waals surface area contributed by atoms with E-state index in [9.17, 15) is 4.39 Å². The smallest absolute Gasteiger partial charge is 0.165 e. The first-order chi connectivity index (χ1) is 10.7. The number of benzene rings is 2. The van der Waals surface area contributed by atoms with Crippen LogP contribution in [0.1, 0.15) is 11.1 Å². The molecule has 0 saturated carbocycles. The molecule has 3 nitrogen and oxygen atoms in total. The predicted octanol–water partition coefficient (Wildman–Crippen LogP) is 2.84. The second kappa shape index (κ2) is 8.51. The molecule has 0 heterocycles. The van der Waals surface area contributed by atoms with Gasteiger partial charge >= 0.3 is 0 Å². The number of hydrogen-bond donors (Lipinski definition) is 1. The molecule has 2 rings (SSSR count). The molecule has 2 aromatic rings. The first kappa shape index (κ1) is 16.5. The van der Waals surface area contributed by atoms with E-state index in [2.05, 4.69) is 17.0 Å². The maximum Gasteiger partial charge on any atom is 0.165 e.